The Balaban J connectivity index is 1.46. The number of phenolic OH excluding ortho intramolecular Hbond substituents is 1. The zero-order chi connectivity index (χ0) is 18.1. The number of hydrogen-bond acceptors (Lipinski definition) is 3. The molecule has 0 radical (unpaired) electrons. The summed E-state index contributed by atoms with van der Waals surface area (Å²) in [7, 11) is 0. The Hall–Kier alpha value is -1.84. The third-order valence-electron chi connectivity index (χ3n) is 6.70. The highest BCUT2D eigenvalue weighted by Gasteiger charge is 2.44. The molecule has 2 heterocycles. The lowest BCUT2D eigenvalue weighted by Crippen LogP contribution is -2.63. The molecule has 1 unspecified atom stereocenters. The molecule has 0 saturated carbocycles. The Morgan fingerprint density at radius 1 is 1.12 bits per heavy atom. The van der Waals surface area contributed by atoms with Crippen molar-refractivity contribution in [1.82, 2.24) is 10.2 Å². The fourth-order valence-corrected chi connectivity index (χ4v) is 4.90. The first kappa shape index (κ1) is 17.6. The van der Waals surface area contributed by atoms with Gasteiger partial charge < -0.3 is 10.4 Å². The van der Waals surface area contributed by atoms with Gasteiger partial charge in [0.1, 0.15) is 5.75 Å². The fourth-order valence-electron chi connectivity index (χ4n) is 4.90. The number of nitrogens with one attached hydrogen (secondary N) is 1. The normalized spacial score (nSPS) is 32.2. The predicted octanol–water partition coefficient (Wildman–Crippen LogP) is 3.57. The average molecular weight is 351 g/mol. The number of hydrogen-bond donors (Lipinski definition) is 2. The molecule has 4 atom stereocenters. The highest BCUT2D eigenvalue weighted by atomic mass is 16.3. The van der Waals surface area contributed by atoms with Crippen LogP contribution in [-0.4, -0.2) is 41.7 Å². The topological polar surface area (TPSA) is 35.5 Å². The van der Waals surface area contributed by atoms with Crippen LogP contribution in [0.25, 0.3) is 0 Å². The van der Waals surface area contributed by atoms with Crippen LogP contribution in [0.3, 0.4) is 0 Å². The molecule has 3 heteroatoms. The van der Waals surface area contributed by atoms with Gasteiger partial charge in [-0.15, -0.1) is 0 Å². The summed E-state index contributed by atoms with van der Waals surface area (Å²) in [6.07, 6.45) is 2.24. The SMILES string of the molecule is C[C@H]1CN2C[C@@H](Cc3ccccc3)NC[C@H]2CC1(C)c1cccc(O)c1. The number of piperazine rings is 1. The van der Waals surface area contributed by atoms with Crippen LogP contribution in [0.15, 0.2) is 54.6 Å². The zero-order valence-corrected chi connectivity index (χ0v) is 15.9. The summed E-state index contributed by atoms with van der Waals surface area (Å²) in [5.74, 6) is 0.944. The van der Waals surface area contributed by atoms with Crippen molar-refractivity contribution in [3.8, 4) is 5.75 Å². The average Bonchev–Trinajstić information content (AvgIpc) is 2.64. The van der Waals surface area contributed by atoms with Gasteiger partial charge in [-0.2, -0.15) is 0 Å². The highest BCUT2D eigenvalue weighted by molar-refractivity contribution is 5.34. The van der Waals surface area contributed by atoms with Gasteiger partial charge in [0.05, 0.1) is 0 Å². The van der Waals surface area contributed by atoms with E-state index in [1.807, 2.05) is 12.1 Å². The Morgan fingerprint density at radius 3 is 2.69 bits per heavy atom. The molecule has 0 aromatic heterocycles. The first-order valence-corrected chi connectivity index (χ1v) is 9.85. The summed E-state index contributed by atoms with van der Waals surface area (Å²) in [6, 6.07) is 19.8. The first-order chi connectivity index (χ1) is 12.5. The number of rotatable bonds is 3. The molecule has 2 aromatic carbocycles. The van der Waals surface area contributed by atoms with E-state index in [9.17, 15) is 5.11 Å². The van der Waals surface area contributed by atoms with E-state index in [4.69, 9.17) is 0 Å². The maximum Gasteiger partial charge on any atom is 0.115 e. The summed E-state index contributed by atoms with van der Waals surface area (Å²) < 4.78 is 0. The second-order valence-corrected chi connectivity index (χ2v) is 8.48. The Labute approximate surface area is 157 Å². The van der Waals surface area contributed by atoms with E-state index in [0.29, 0.717) is 23.8 Å². The van der Waals surface area contributed by atoms with Gasteiger partial charge in [0.25, 0.3) is 0 Å². The minimum Gasteiger partial charge on any atom is -0.508 e. The Kier molecular flexibility index (Phi) is 4.76. The van der Waals surface area contributed by atoms with Gasteiger partial charge in [0.2, 0.25) is 0 Å². The largest absolute Gasteiger partial charge is 0.508 e. The maximum atomic E-state index is 9.93. The highest BCUT2D eigenvalue weighted by Crippen LogP contribution is 2.43. The van der Waals surface area contributed by atoms with Crippen molar-refractivity contribution in [1.29, 1.82) is 0 Å². The molecular formula is C23H30N2O. The molecule has 2 aliphatic heterocycles. The van der Waals surface area contributed by atoms with Gasteiger partial charge in [0.15, 0.2) is 0 Å². The van der Waals surface area contributed by atoms with Crippen molar-refractivity contribution < 1.29 is 5.11 Å². The third kappa shape index (κ3) is 3.38. The molecule has 2 N–H and O–H groups in total. The van der Waals surface area contributed by atoms with Crippen molar-refractivity contribution in [2.45, 2.75) is 44.2 Å². The lowest BCUT2D eigenvalue weighted by Gasteiger charge is -2.53. The third-order valence-corrected chi connectivity index (χ3v) is 6.70. The Morgan fingerprint density at radius 2 is 1.92 bits per heavy atom. The minimum atomic E-state index is 0.119. The first-order valence-electron chi connectivity index (χ1n) is 9.85. The van der Waals surface area contributed by atoms with E-state index in [-0.39, 0.29) is 5.41 Å². The quantitative estimate of drug-likeness (QED) is 0.888. The van der Waals surface area contributed by atoms with E-state index in [2.05, 4.69) is 60.5 Å². The molecule has 2 aliphatic rings. The molecule has 2 saturated heterocycles. The standard InChI is InChI=1S/C23H30N2O/c1-17-15-25-16-20(11-18-7-4-3-5-8-18)24-14-21(25)13-23(17,2)19-9-6-10-22(26)12-19/h3-10,12,17,20-21,24,26H,11,13-16H2,1-2H3/t17-,20+,21+,23?/m0/s1. The van der Waals surface area contributed by atoms with Gasteiger partial charge in [-0.05, 0) is 47.4 Å². The number of phenols is 1. The number of nitrogens with zero attached hydrogens (tertiary/aromatic N) is 1. The van der Waals surface area contributed by atoms with E-state index in [1.54, 1.807) is 6.07 Å². The van der Waals surface area contributed by atoms with Crippen LogP contribution in [0.1, 0.15) is 31.4 Å². The number of aromatic hydroxyl groups is 1. The number of piperidine rings is 1. The van der Waals surface area contributed by atoms with Crippen molar-refractivity contribution in [3.05, 3.63) is 65.7 Å². The van der Waals surface area contributed by atoms with Gasteiger partial charge in [-0.3, -0.25) is 4.90 Å². The number of fused-ring (bicyclic) bond motifs is 1. The lowest BCUT2D eigenvalue weighted by atomic mass is 9.65. The van der Waals surface area contributed by atoms with Crippen LogP contribution in [0.2, 0.25) is 0 Å². The summed E-state index contributed by atoms with van der Waals surface area (Å²) in [6.45, 7) is 8.05. The summed E-state index contributed by atoms with van der Waals surface area (Å²) in [4.78, 5) is 2.69. The predicted molar refractivity (Wildman–Crippen MR) is 107 cm³/mol. The summed E-state index contributed by atoms with van der Waals surface area (Å²) >= 11 is 0. The van der Waals surface area contributed by atoms with E-state index < -0.39 is 0 Å². The molecule has 0 amide bonds. The lowest BCUT2D eigenvalue weighted by molar-refractivity contribution is 0.0245. The van der Waals surface area contributed by atoms with Gasteiger partial charge >= 0.3 is 0 Å². The summed E-state index contributed by atoms with van der Waals surface area (Å²) in [5, 5.41) is 13.7. The molecule has 0 bridgehead atoms. The smallest absolute Gasteiger partial charge is 0.115 e. The van der Waals surface area contributed by atoms with Gasteiger partial charge in [-0.1, -0.05) is 56.3 Å². The minimum absolute atomic E-state index is 0.119. The summed E-state index contributed by atoms with van der Waals surface area (Å²) in [5.41, 5.74) is 2.81. The molecule has 2 fully saturated rings. The van der Waals surface area contributed by atoms with Crippen molar-refractivity contribution in [3.63, 3.8) is 0 Å². The van der Waals surface area contributed by atoms with Gasteiger partial charge in [-0.25, -0.2) is 0 Å². The molecule has 3 nitrogen and oxygen atoms in total. The van der Waals surface area contributed by atoms with Gasteiger partial charge in [0, 0.05) is 31.7 Å². The van der Waals surface area contributed by atoms with Crippen LogP contribution in [-0.2, 0) is 11.8 Å². The van der Waals surface area contributed by atoms with E-state index in [0.717, 1.165) is 32.5 Å². The van der Waals surface area contributed by atoms with E-state index >= 15 is 0 Å². The van der Waals surface area contributed by atoms with Crippen molar-refractivity contribution in [2.75, 3.05) is 19.6 Å². The molecule has 0 aliphatic carbocycles. The number of benzene rings is 2. The molecule has 2 aromatic rings. The molecule has 26 heavy (non-hydrogen) atoms. The molecule has 138 valence electrons. The zero-order valence-electron chi connectivity index (χ0n) is 15.9. The molecule has 4 rings (SSSR count). The van der Waals surface area contributed by atoms with Crippen molar-refractivity contribution >= 4 is 0 Å². The fraction of sp³-hybridized carbons (Fsp3) is 0.478. The monoisotopic (exact) mass is 350 g/mol. The van der Waals surface area contributed by atoms with Crippen LogP contribution >= 0.6 is 0 Å². The van der Waals surface area contributed by atoms with Crippen LogP contribution in [0, 0.1) is 5.92 Å². The van der Waals surface area contributed by atoms with Crippen LogP contribution < -0.4 is 5.32 Å². The van der Waals surface area contributed by atoms with E-state index in [1.165, 1.54) is 11.1 Å². The maximum absolute atomic E-state index is 9.93. The molecule has 0 spiro atoms. The Bertz CT molecular complexity index is 747. The second kappa shape index (κ2) is 7.05. The molecular weight excluding hydrogens is 320 g/mol. The van der Waals surface area contributed by atoms with Crippen LogP contribution in [0.4, 0.5) is 0 Å². The van der Waals surface area contributed by atoms with Crippen LogP contribution in [0.5, 0.6) is 5.75 Å². The second-order valence-electron chi connectivity index (χ2n) is 8.48. The van der Waals surface area contributed by atoms with Crippen molar-refractivity contribution in [2.24, 2.45) is 5.92 Å².